The maximum absolute atomic E-state index is 4.75. The summed E-state index contributed by atoms with van der Waals surface area (Å²) in [5.74, 6) is 0. The molecule has 0 bridgehead atoms. The van der Waals surface area contributed by atoms with Crippen LogP contribution in [0, 0.1) is 27.7 Å². The topological polar surface area (TPSA) is 25.8 Å². The SMILES string of the molecule is Cc1cc(C)cc(-c2ccc3c(c2)Cc2cc(-c4cc(C)cc(C)c4)c4nsnc4c2-3)c1. The Bertz CT molecular complexity index is 1500. The van der Waals surface area contributed by atoms with E-state index in [0.717, 1.165) is 17.5 Å². The van der Waals surface area contributed by atoms with Gasteiger partial charge in [-0.2, -0.15) is 8.75 Å². The van der Waals surface area contributed by atoms with Gasteiger partial charge >= 0.3 is 0 Å². The van der Waals surface area contributed by atoms with E-state index in [9.17, 15) is 0 Å². The molecule has 0 fully saturated rings. The standard InChI is InChI=1S/C29H24N2S/c1-16-7-17(2)10-21(9-16)20-5-6-25-23(13-20)14-24-15-26(22-11-18(3)8-19(4)12-22)28-29(27(24)25)31-32-30-28/h5-13,15H,14H2,1-4H3. The highest BCUT2D eigenvalue weighted by Gasteiger charge is 2.25. The predicted octanol–water partition coefficient (Wildman–Crippen LogP) is 7.83. The third-order valence-corrected chi connectivity index (χ3v) is 6.99. The van der Waals surface area contributed by atoms with Crippen molar-refractivity contribution in [2.75, 3.05) is 0 Å². The van der Waals surface area contributed by atoms with Gasteiger partial charge in [0.2, 0.25) is 0 Å². The van der Waals surface area contributed by atoms with Crippen LogP contribution in [0.15, 0.2) is 60.7 Å². The van der Waals surface area contributed by atoms with Gasteiger partial charge in [-0.15, -0.1) is 0 Å². The molecular weight excluding hydrogens is 408 g/mol. The van der Waals surface area contributed by atoms with E-state index in [0.29, 0.717) is 0 Å². The van der Waals surface area contributed by atoms with E-state index in [4.69, 9.17) is 8.75 Å². The van der Waals surface area contributed by atoms with Crippen LogP contribution < -0.4 is 0 Å². The highest BCUT2D eigenvalue weighted by Crippen LogP contribution is 2.45. The fourth-order valence-electron chi connectivity index (χ4n) is 5.30. The molecule has 0 radical (unpaired) electrons. The summed E-state index contributed by atoms with van der Waals surface area (Å²) >= 11 is 1.31. The van der Waals surface area contributed by atoms with Crippen LogP contribution in [0.1, 0.15) is 33.4 Å². The van der Waals surface area contributed by atoms with Gasteiger partial charge in [-0.1, -0.05) is 76.9 Å². The molecule has 1 heterocycles. The van der Waals surface area contributed by atoms with E-state index in [1.807, 2.05) is 0 Å². The summed E-state index contributed by atoms with van der Waals surface area (Å²) < 4.78 is 9.47. The molecule has 6 rings (SSSR count). The molecule has 5 aromatic rings. The fourth-order valence-corrected chi connectivity index (χ4v) is 5.86. The van der Waals surface area contributed by atoms with Gasteiger partial charge in [0.25, 0.3) is 0 Å². The first-order valence-electron chi connectivity index (χ1n) is 11.0. The summed E-state index contributed by atoms with van der Waals surface area (Å²) in [6, 6.07) is 22.8. The van der Waals surface area contributed by atoms with Gasteiger partial charge in [-0.05, 0) is 73.6 Å². The van der Waals surface area contributed by atoms with Crippen molar-refractivity contribution in [3.8, 4) is 33.4 Å². The summed E-state index contributed by atoms with van der Waals surface area (Å²) in [6.07, 6.45) is 0.939. The zero-order chi connectivity index (χ0) is 22.0. The van der Waals surface area contributed by atoms with E-state index in [-0.39, 0.29) is 0 Å². The number of fused-ring (bicyclic) bond motifs is 5. The zero-order valence-corrected chi connectivity index (χ0v) is 19.6. The minimum atomic E-state index is 0.939. The molecule has 1 aliphatic carbocycles. The van der Waals surface area contributed by atoms with Gasteiger partial charge in [0, 0.05) is 11.1 Å². The van der Waals surface area contributed by atoms with Crippen LogP contribution in [0.5, 0.6) is 0 Å². The first-order chi connectivity index (χ1) is 15.5. The van der Waals surface area contributed by atoms with Gasteiger partial charge in [-0.3, -0.25) is 0 Å². The van der Waals surface area contributed by atoms with Crippen molar-refractivity contribution in [1.29, 1.82) is 0 Å². The normalized spacial score (nSPS) is 12.2. The van der Waals surface area contributed by atoms with E-state index in [1.165, 1.54) is 78.5 Å². The molecule has 1 aromatic heterocycles. The van der Waals surface area contributed by atoms with Crippen molar-refractivity contribution >= 4 is 22.8 Å². The highest BCUT2D eigenvalue weighted by atomic mass is 32.1. The third-order valence-electron chi connectivity index (χ3n) is 6.46. The lowest BCUT2D eigenvalue weighted by Crippen LogP contribution is -1.89. The van der Waals surface area contributed by atoms with Crippen molar-refractivity contribution in [1.82, 2.24) is 8.75 Å². The van der Waals surface area contributed by atoms with Crippen LogP contribution in [-0.2, 0) is 6.42 Å². The highest BCUT2D eigenvalue weighted by molar-refractivity contribution is 7.00. The zero-order valence-electron chi connectivity index (χ0n) is 18.8. The van der Waals surface area contributed by atoms with Gasteiger partial charge in [-0.25, -0.2) is 0 Å². The molecule has 0 unspecified atom stereocenters. The second-order valence-electron chi connectivity index (χ2n) is 9.22. The summed E-state index contributed by atoms with van der Waals surface area (Å²) in [7, 11) is 0. The van der Waals surface area contributed by atoms with Gasteiger partial charge in [0.05, 0.1) is 11.7 Å². The Kier molecular flexibility index (Phi) is 4.31. The summed E-state index contributed by atoms with van der Waals surface area (Å²) in [6.45, 7) is 8.65. The molecule has 0 spiro atoms. The molecule has 4 aromatic carbocycles. The first-order valence-corrected chi connectivity index (χ1v) is 11.8. The van der Waals surface area contributed by atoms with Crippen molar-refractivity contribution < 1.29 is 0 Å². The smallest absolute Gasteiger partial charge is 0.113 e. The Hall–Kier alpha value is -3.30. The van der Waals surface area contributed by atoms with Crippen LogP contribution in [0.3, 0.4) is 0 Å². The van der Waals surface area contributed by atoms with Crippen molar-refractivity contribution in [3.63, 3.8) is 0 Å². The molecule has 0 atom stereocenters. The molecule has 1 aliphatic rings. The first kappa shape index (κ1) is 19.4. The van der Waals surface area contributed by atoms with Crippen LogP contribution >= 0.6 is 11.7 Å². The van der Waals surface area contributed by atoms with Crippen molar-refractivity contribution in [3.05, 3.63) is 94.0 Å². The lowest BCUT2D eigenvalue weighted by atomic mass is 9.94. The number of aromatic nitrogens is 2. The fraction of sp³-hybridized carbons (Fsp3) is 0.172. The average Bonchev–Trinajstić information content (AvgIpc) is 3.35. The molecule has 0 saturated carbocycles. The van der Waals surface area contributed by atoms with Gasteiger partial charge < -0.3 is 0 Å². The summed E-state index contributed by atoms with van der Waals surface area (Å²) in [5.41, 5.74) is 17.5. The minimum absolute atomic E-state index is 0.939. The predicted molar refractivity (Wildman–Crippen MR) is 135 cm³/mol. The number of rotatable bonds is 2. The third kappa shape index (κ3) is 3.08. The molecule has 156 valence electrons. The van der Waals surface area contributed by atoms with Gasteiger partial charge in [0.1, 0.15) is 11.0 Å². The van der Waals surface area contributed by atoms with E-state index in [2.05, 4.69) is 88.4 Å². The molecular formula is C29H24N2S. The summed E-state index contributed by atoms with van der Waals surface area (Å²) in [4.78, 5) is 0. The number of aryl methyl sites for hydroxylation is 4. The Labute approximate surface area is 192 Å². The molecule has 0 amide bonds. The average molecular weight is 433 g/mol. The van der Waals surface area contributed by atoms with Gasteiger partial charge in [0.15, 0.2) is 0 Å². The van der Waals surface area contributed by atoms with Crippen LogP contribution in [0.4, 0.5) is 0 Å². The Balaban J connectivity index is 1.52. The maximum Gasteiger partial charge on any atom is 0.113 e. The number of hydrogen-bond acceptors (Lipinski definition) is 3. The number of hydrogen-bond donors (Lipinski definition) is 0. The number of nitrogens with zero attached hydrogens (tertiary/aromatic N) is 2. The van der Waals surface area contributed by atoms with Crippen molar-refractivity contribution in [2.45, 2.75) is 34.1 Å². The Morgan fingerprint density at radius 2 is 1.19 bits per heavy atom. The second kappa shape index (κ2) is 7.11. The summed E-state index contributed by atoms with van der Waals surface area (Å²) in [5, 5.41) is 0. The molecule has 32 heavy (non-hydrogen) atoms. The lowest BCUT2D eigenvalue weighted by molar-refractivity contribution is 1.26. The molecule has 3 heteroatoms. The van der Waals surface area contributed by atoms with Crippen molar-refractivity contribution in [2.24, 2.45) is 0 Å². The Morgan fingerprint density at radius 1 is 0.562 bits per heavy atom. The lowest BCUT2D eigenvalue weighted by Gasteiger charge is -2.10. The van der Waals surface area contributed by atoms with E-state index in [1.54, 1.807) is 0 Å². The van der Waals surface area contributed by atoms with E-state index >= 15 is 0 Å². The molecule has 0 saturated heterocycles. The number of benzene rings is 4. The van der Waals surface area contributed by atoms with Crippen LogP contribution in [-0.4, -0.2) is 8.75 Å². The largest absolute Gasteiger partial charge is 0.172 e. The molecule has 2 nitrogen and oxygen atoms in total. The minimum Gasteiger partial charge on any atom is -0.172 e. The Morgan fingerprint density at radius 3 is 1.88 bits per heavy atom. The van der Waals surface area contributed by atoms with Crippen LogP contribution in [0.2, 0.25) is 0 Å². The molecule has 0 aliphatic heterocycles. The second-order valence-corrected chi connectivity index (χ2v) is 9.75. The van der Waals surface area contributed by atoms with Crippen LogP contribution in [0.25, 0.3) is 44.4 Å². The molecule has 0 N–H and O–H groups in total. The van der Waals surface area contributed by atoms with E-state index < -0.39 is 0 Å². The monoisotopic (exact) mass is 432 g/mol. The quantitative estimate of drug-likeness (QED) is 0.279. The maximum atomic E-state index is 4.75.